The van der Waals surface area contributed by atoms with E-state index < -0.39 is 5.60 Å². The SMILES string of the molecule is CC(C)(O)CCc1ccc(CN2CCCN(C3CCCC3)CC2)cc1. The lowest BCUT2D eigenvalue weighted by atomic mass is 9.98. The lowest BCUT2D eigenvalue weighted by molar-refractivity contribution is 0.0714. The summed E-state index contributed by atoms with van der Waals surface area (Å²) >= 11 is 0. The first-order valence-electron chi connectivity index (χ1n) is 10.3. The fraction of sp³-hybridized carbons (Fsp3) is 0.727. The van der Waals surface area contributed by atoms with Gasteiger partial charge in [-0.1, -0.05) is 37.1 Å². The number of hydrogen-bond donors (Lipinski definition) is 1. The third-order valence-electron chi connectivity index (χ3n) is 5.92. The summed E-state index contributed by atoms with van der Waals surface area (Å²) in [7, 11) is 0. The summed E-state index contributed by atoms with van der Waals surface area (Å²) in [6.07, 6.45) is 8.78. The summed E-state index contributed by atoms with van der Waals surface area (Å²) in [5.41, 5.74) is 2.17. The Hall–Kier alpha value is -0.900. The molecule has 0 amide bonds. The van der Waals surface area contributed by atoms with Gasteiger partial charge in [0.15, 0.2) is 0 Å². The molecule has 0 unspecified atom stereocenters. The van der Waals surface area contributed by atoms with Crippen LogP contribution in [-0.2, 0) is 13.0 Å². The average Bonchev–Trinajstić information content (AvgIpc) is 3.01. The van der Waals surface area contributed by atoms with Crippen molar-refractivity contribution in [1.82, 2.24) is 9.80 Å². The third-order valence-corrected chi connectivity index (χ3v) is 5.92. The van der Waals surface area contributed by atoms with Crippen molar-refractivity contribution in [2.45, 2.75) is 77.0 Å². The van der Waals surface area contributed by atoms with E-state index >= 15 is 0 Å². The Morgan fingerprint density at radius 2 is 1.60 bits per heavy atom. The molecule has 1 saturated heterocycles. The maximum absolute atomic E-state index is 9.87. The van der Waals surface area contributed by atoms with Crippen LogP contribution in [0, 0.1) is 0 Å². The molecule has 0 aromatic heterocycles. The predicted molar refractivity (Wildman–Crippen MR) is 105 cm³/mol. The van der Waals surface area contributed by atoms with Gasteiger partial charge in [0.2, 0.25) is 0 Å². The van der Waals surface area contributed by atoms with E-state index in [0.717, 1.165) is 25.4 Å². The zero-order chi connectivity index (χ0) is 17.7. The maximum Gasteiger partial charge on any atom is 0.0594 e. The number of hydrogen-bond acceptors (Lipinski definition) is 3. The molecular weight excluding hydrogens is 308 g/mol. The predicted octanol–water partition coefficient (Wildman–Crippen LogP) is 3.84. The van der Waals surface area contributed by atoms with E-state index in [0.29, 0.717) is 0 Å². The van der Waals surface area contributed by atoms with E-state index in [2.05, 4.69) is 34.1 Å². The van der Waals surface area contributed by atoms with Crippen LogP contribution in [0.4, 0.5) is 0 Å². The molecule has 1 heterocycles. The van der Waals surface area contributed by atoms with Gasteiger partial charge in [-0.3, -0.25) is 9.80 Å². The summed E-state index contributed by atoms with van der Waals surface area (Å²) in [6.45, 7) is 9.81. The molecule has 3 heteroatoms. The first-order chi connectivity index (χ1) is 12.0. The van der Waals surface area contributed by atoms with Crippen molar-refractivity contribution in [3.05, 3.63) is 35.4 Å². The second kappa shape index (κ2) is 8.66. The average molecular weight is 345 g/mol. The number of benzene rings is 1. The summed E-state index contributed by atoms with van der Waals surface area (Å²) in [4.78, 5) is 5.38. The number of rotatable bonds is 6. The molecule has 1 aromatic rings. The topological polar surface area (TPSA) is 26.7 Å². The Labute approximate surface area is 154 Å². The third kappa shape index (κ3) is 6.09. The van der Waals surface area contributed by atoms with Crippen LogP contribution in [0.1, 0.15) is 63.5 Å². The summed E-state index contributed by atoms with van der Waals surface area (Å²) in [5, 5.41) is 9.87. The zero-order valence-corrected chi connectivity index (χ0v) is 16.2. The van der Waals surface area contributed by atoms with Gasteiger partial charge in [0, 0.05) is 25.7 Å². The van der Waals surface area contributed by atoms with Gasteiger partial charge in [0.1, 0.15) is 0 Å². The monoisotopic (exact) mass is 344 g/mol. The van der Waals surface area contributed by atoms with E-state index in [9.17, 15) is 5.11 Å². The van der Waals surface area contributed by atoms with Crippen LogP contribution < -0.4 is 0 Å². The Morgan fingerprint density at radius 1 is 0.920 bits per heavy atom. The van der Waals surface area contributed by atoms with Gasteiger partial charge in [-0.25, -0.2) is 0 Å². The second-order valence-corrected chi connectivity index (χ2v) is 8.73. The standard InChI is InChI=1S/C22H36N2O/c1-22(2,25)13-12-19-8-10-20(11-9-19)18-23-14-5-15-24(17-16-23)21-6-3-4-7-21/h8-11,21,25H,3-7,12-18H2,1-2H3. The normalized spacial score (nSPS) is 21.6. The Bertz CT molecular complexity index is 514. The van der Waals surface area contributed by atoms with Gasteiger partial charge in [-0.2, -0.15) is 0 Å². The van der Waals surface area contributed by atoms with Crippen LogP contribution >= 0.6 is 0 Å². The molecule has 2 aliphatic rings. The Balaban J connectivity index is 1.47. The molecule has 3 nitrogen and oxygen atoms in total. The van der Waals surface area contributed by atoms with Crippen molar-refractivity contribution < 1.29 is 5.11 Å². The summed E-state index contributed by atoms with van der Waals surface area (Å²) in [5.74, 6) is 0. The number of aliphatic hydroxyl groups is 1. The lowest BCUT2D eigenvalue weighted by Gasteiger charge is -2.27. The van der Waals surface area contributed by atoms with Crippen LogP contribution in [0.3, 0.4) is 0 Å². The first kappa shape index (κ1) is 18.9. The van der Waals surface area contributed by atoms with E-state index in [4.69, 9.17) is 0 Å². The van der Waals surface area contributed by atoms with Crippen LogP contribution in [0.25, 0.3) is 0 Å². The van der Waals surface area contributed by atoms with Crippen molar-refractivity contribution in [2.75, 3.05) is 26.2 Å². The van der Waals surface area contributed by atoms with Crippen molar-refractivity contribution in [2.24, 2.45) is 0 Å². The van der Waals surface area contributed by atoms with Crippen molar-refractivity contribution in [3.8, 4) is 0 Å². The van der Waals surface area contributed by atoms with Gasteiger partial charge < -0.3 is 5.11 Å². The first-order valence-corrected chi connectivity index (χ1v) is 10.3. The second-order valence-electron chi connectivity index (χ2n) is 8.73. The fourth-order valence-corrected chi connectivity index (χ4v) is 4.30. The number of aryl methyl sites for hydroxylation is 1. The molecule has 1 aliphatic heterocycles. The molecule has 1 saturated carbocycles. The molecule has 1 N–H and O–H groups in total. The molecule has 1 aromatic carbocycles. The van der Waals surface area contributed by atoms with Crippen LogP contribution in [0.15, 0.2) is 24.3 Å². The summed E-state index contributed by atoms with van der Waals surface area (Å²) in [6, 6.07) is 9.90. The van der Waals surface area contributed by atoms with Gasteiger partial charge in [0.05, 0.1) is 5.60 Å². The minimum atomic E-state index is -0.573. The molecule has 140 valence electrons. The molecule has 0 spiro atoms. The smallest absolute Gasteiger partial charge is 0.0594 e. The molecule has 0 bridgehead atoms. The maximum atomic E-state index is 9.87. The van der Waals surface area contributed by atoms with Crippen LogP contribution in [-0.4, -0.2) is 52.7 Å². The quantitative estimate of drug-likeness (QED) is 0.849. The van der Waals surface area contributed by atoms with E-state index in [1.807, 2.05) is 13.8 Å². The largest absolute Gasteiger partial charge is 0.390 e. The molecule has 1 aliphatic carbocycles. The van der Waals surface area contributed by atoms with E-state index in [1.54, 1.807) is 0 Å². The summed E-state index contributed by atoms with van der Waals surface area (Å²) < 4.78 is 0. The van der Waals surface area contributed by atoms with Crippen molar-refractivity contribution in [3.63, 3.8) is 0 Å². The fourth-order valence-electron chi connectivity index (χ4n) is 4.30. The molecule has 0 atom stereocenters. The zero-order valence-electron chi connectivity index (χ0n) is 16.2. The van der Waals surface area contributed by atoms with E-state index in [-0.39, 0.29) is 0 Å². The van der Waals surface area contributed by atoms with Gasteiger partial charge in [-0.05, 0) is 70.2 Å². The van der Waals surface area contributed by atoms with Gasteiger partial charge in [-0.15, -0.1) is 0 Å². The molecule has 25 heavy (non-hydrogen) atoms. The Kier molecular flexibility index (Phi) is 6.54. The molecule has 2 fully saturated rings. The van der Waals surface area contributed by atoms with Gasteiger partial charge in [0.25, 0.3) is 0 Å². The molecule has 0 radical (unpaired) electrons. The minimum Gasteiger partial charge on any atom is -0.390 e. The molecule has 3 rings (SSSR count). The van der Waals surface area contributed by atoms with Gasteiger partial charge >= 0.3 is 0 Å². The van der Waals surface area contributed by atoms with Crippen LogP contribution in [0.5, 0.6) is 0 Å². The lowest BCUT2D eigenvalue weighted by Crippen LogP contribution is -2.36. The van der Waals surface area contributed by atoms with E-state index in [1.165, 1.54) is 69.4 Å². The van der Waals surface area contributed by atoms with Crippen molar-refractivity contribution >= 4 is 0 Å². The minimum absolute atomic E-state index is 0.573. The Morgan fingerprint density at radius 3 is 2.28 bits per heavy atom. The number of nitrogens with zero attached hydrogens (tertiary/aromatic N) is 2. The van der Waals surface area contributed by atoms with Crippen molar-refractivity contribution in [1.29, 1.82) is 0 Å². The highest BCUT2D eigenvalue weighted by Crippen LogP contribution is 2.24. The highest BCUT2D eigenvalue weighted by molar-refractivity contribution is 5.22. The highest BCUT2D eigenvalue weighted by atomic mass is 16.3. The van der Waals surface area contributed by atoms with Crippen LogP contribution in [0.2, 0.25) is 0 Å². The highest BCUT2D eigenvalue weighted by Gasteiger charge is 2.24. The molecular formula is C22H36N2O.